The highest BCUT2D eigenvalue weighted by Gasteiger charge is 2.13. The SMILES string of the molecule is NCCCC[C@H](N)C(=O)NC(N)=O. The van der Waals surface area contributed by atoms with Gasteiger partial charge in [0, 0.05) is 0 Å². The zero-order valence-corrected chi connectivity index (χ0v) is 7.45. The third-order valence-electron chi connectivity index (χ3n) is 1.55. The lowest BCUT2D eigenvalue weighted by Crippen LogP contribution is -2.45. The average molecular weight is 188 g/mol. The van der Waals surface area contributed by atoms with E-state index in [1.807, 2.05) is 5.32 Å². The summed E-state index contributed by atoms with van der Waals surface area (Å²) in [4.78, 5) is 21.2. The first-order chi connectivity index (χ1) is 6.07. The Labute approximate surface area is 76.8 Å². The first-order valence-electron chi connectivity index (χ1n) is 4.14. The fourth-order valence-electron chi connectivity index (χ4n) is 0.854. The molecule has 0 aliphatic carbocycles. The lowest BCUT2D eigenvalue weighted by Gasteiger charge is -2.09. The minimum absolute atomic E-state index is 0.510. The van der Waals surface area contributed by atoms with E-state index in [2.05, 4.69) is 0 Å². The van der Waals surface area contributed by atoms with Gasteiger partial charge in [-0.05, 0) is 19.4 Å². The molecular formula is C7H16N4O2. The Hall–Kier alpha value is -1.14. The number of nitrogens with one attached hydrogen (secondary N) is 1. The van der Waals surface area contributed by atoms with Crippen LogP contribution in [0.1, 0.15) is 19.3 Å². The fraction of sp³-hybridized carbons (Fsp3) is 0.714. The molecule has 6 nitrogen and oxygen atoms in total. The summed E-state index contributed by atoms with van der Waals surface area (Å²) in [7, 11) is 0. The molecule has 0 bridgehead atoms. The fourth-order valence-corrected chi connectivity index (χ4v) is 0.854. The van der Waals surface area contributed by atoms with Crippen LogP contribution >= 0.6 is 0 Å². The Balaban J connectivity index is 3.63. The van der Waals surface area contributed by atoms with Crippen molar-refractivity contribution in [1.29, 1.82) is 0 Å². The Morgan fingerprint density at radius 1 is 1.31 bits per heavy atom. The lowest BCUT2D eigenvalue weighted by molar-refractivity contribution is -0.121. The first-order valence-corrected chi connectivity index (χ1v) is 4.14. The minimum atomic E-state index is -0.876. The van der Waals surface area contributed by atoms with Gasteiger partial charge < -0.3 is 17.2 Å². The van der Waals surface area contributed by atoms with Crippen LogP contribution in [0.25, 0.3) is 0 Å². The van der Waals surface area contributed by atoms with Crippen LogP contribution in [0.15, 0.2) is 0 Å². The monoisotopic (exact) mass is 188 g/mol. The molecule has 6 heteroatoms. The van der Waals surface area contributed by atoms with E-state index >= 15 is 0 Å². The van der Waals surface area contributed by atoms with Crippen molar-refractivity contribution in [2.45, 2.75) is 25.3 Å². The van der Waals surface area contributed by atoms with Crippen LogP contribution in [0.5, 0.6) is 0 Å². The second-order valence-corrected chi connectivity index (χ2v) is 2.74. The van der Waals surface area contributed by atoms with Gasteiger partial charge in [-0.25, -0.2) is 4.79 Å². The molecule has 76 valence electrons. The second-order valence-electron chi connectivity index (χ2n) is 2.74. The topological polar surface area (TPSA) is 124 Å². The van der Waals surface area contributed by atoms with E-state index in [1.165, 1.54) is 0 Å². The summed E-state index contributed by atoms with van der Waals surface area (Å²) in [6.45, 7) is 0.574. The molecule has 0 aliphatic rings. The summed E-state index contributed by atoms with van der Waals surface area (Å²) in [6, 6.07) is -1.56. The van der Waals surface area contributed by atoms with Crippen LogP contribution in [-0.4, -0.2) is 24.5 Å². The summed E-state index contributed by atoms with van der Waals surface area (Å²) >= 11 is 0. The number of imide groups is 1. The van der Waals surface area contributed by atoms with E-state index in [9.17, 15) is 9.59 Å². The summed E-state index contributed by atoms with van der Waals surface area (Å²) < 4.78 is 0. The van der Waals surface area contributed by atoms with Gasteiger partial charge in [0.15, 0.2) is 0 Å². The molecule has 0 unspecified atom stereocenters. The molecule has 0 rings (SSSR count). The highest BCUT2D eigenvalue weighted by atomic mass is 16.2. The minimum Gasteiger partial charge on any atom is -0.351 e. The van der Waals surface area contributed by atoms with Crippen LogP contribution < -0.4 is 22.5 Å². The maximum Gasteiger partial charge on any atom is 0.318 e. The number of rotatable bonds is 5. The predicted octanol–water partition coefficient (Wildman–Crippen LogP) is -1.36. The molecule has 1 atom stereocenters. The largest absolute Gasteiger partial charge is 0.351 e. The Morgan fingerprint density at radius 3 is 2.38 bits per heavy atom. The molecule has 0 fully saturated rings. The molecule has 0 aromatic carbocycles. The standard InChI is InChI=1S/C7H16N4O2/c8-4-2-1-3-5(9)6(12)11-7(10)13/h5H,1-4,8-9H2,(H3,10,11,12,13)/t5-/m0/s1. The van der Waals surface area contributed by atoms with Crippen LogP contribution in [-0.2, 0) is 4.79 Å². The molecular weight excluding hydrogens is 172 g/mol. The van der Waals surface area contributed by atoms with E-state index in [0.717, 1.165) is 12.8 Å². The van der Waals surface area contributed by atoms with E-state index < -0.39 is 18.0 Å². The number of primary amides is 1. The molecule has 0 aromatic rings. The average Bonchev–Trinajstić information content (AvgIpc) is 2.03. The zero-order valence-electron chi connectivity index (χ0n) is 7.45. The van der Waals surface area contributed by atoms with E-state index in [4.69, 9.17) is 17.2 Å². The maximum absolute atomic E-state index is 11.0. The van der Waals surface area contributed by atoms with Gasteiger partial charge in [-0.15, -0.1) is 0 Å². The normalized spacial score (nSPS) is 12.2. The number of unbranched alkanes of at least 4 members (excludes halogenated alkanes) is 1. The van der Waals surface area contributed by atoms with Gasteiger partial charge in [-0.1, -0.05) is 6.42 Å². The molecule has 0 spiro atoms. The van der Waals surface area contributed by atoms with E-state index in [1.54, 1.807) is 0 Å². The number of carbonyl (C=O) groups excluding carboxylic acids is 2. The third kappa shape index (κ3) is 6.06. The molecule has 0 saturated heterocycles. The number of carbonyl (C=O) groups is 2. The van der Waals surface area contributed by atoms with Gasteiger partial charge in [0.25, 0.3) is 0 Å². The molecule has 3 amide bonds. The number of nitrogens with two attached hydrogens (primary N) is 3. The summed E-state index contributed by atoms with van der Waals surface area (Å²) in [5.74, 6) is -0.537. The molecule has 7 N–H and O–H groups in total. The highest BCUT2D eigenvalue weighted by Crippen LogP contribution is 1.97. The maximum atomic E-state index is 11.0. The number of hydrogen-bond donors (Lipinski definition) is 4. The molecule has 0 radical (unpaired) electrons. The lowest BCUT2D eigenvalue weighted by atomic mass is 10.1. The van der Waals surface area contributed by atoms with Crippen LogP contribution in [0.3, 0.4) is 0 Å². The van der Waals surface area contributed by atoms with Crippen molar-refractivity contribution in [3.8, 4) is 0 Å². The smallest absolute Gasteiger partial charge is 0.318 e. The Morgan fingerprint density at radius 2 is 1.92 bits per heavy atom. The van der Waals surface area contributed by atoms with Gasteiger partial charge in [-0.3, -0.25) is 10.1 Å². The van der Waals surface area contributed by atoms with Gasteiger partial charge >= 0.3 is 6.03 Å². The van der Waals surface area contributed by atoms with Crippen molar-refractivity contribution in [2.24, 2.45) is 17.2 Å². The summed E-state index contributed by atoms with van der Waals surface area (Å²) in [5.41, 5.74) is 15.4. The molecule has 0 heterocycles. The van der Waals surface area contributed by atoms with Crippen molar-refractivity contribution in [1.82, 2.24) is 5.32 Å². The van der Waals surface area contributed by atoms with Crippen molar-refractivity contribution >= 4 is 11.9 Å². The van der Waals surface area contributed by atoms with Gasteiger partial charge in [0.1, 0.15) is 0 Å². The zero-order chi connectivity index (χ0) is 10.3. The van der Waals surface area contributed by atoms with Gasteiger partial charge in [-0.2, -0.15) is 0 Å². The van der Waals surface area contributed by atoms with Crippen molar-refractivity contribution in [2.75, 3.05) is 6.54 Å². The first kappa shape index (κ1) is 11.9. The van der Waals surface area contributed by atoms with Gasteiger partial charge in [0.05, 0.1) is 6.04 Å². The van der Waals surface area contributed by atoms with Crippen molar-refractivity contribution < 1.29 is 9.59 Å². The number of amides is 3. The van der Waals surface area contributed by atoms with E-state index in [0.29, 0.717) is 13.0 Å². The predicted molar refractivity (Wildman–Crippen MR) is 48.6 cm³/mol. The Bertz CT molecular complexity index is 183. The third-order valence-corrected chi connectivity index (χ3v) is 1.55. The number of urea groups is 1. The van der Waals surface area contributed by atoms with Gasteiger partial charge in [0.2, 0.25) is 5.91 Å². The quantitative estimate of drug-likeness (QED) is 0.397. The Kier molecular flexibility index (Phi) is 5.82. The van der Waals surface area contributed by atoms with E-state index in [-0.39, 0.29) is 0 Å². The molecule has 0 aliphatic heterocycles. The van der Waals surface area contributed by atoms with Crippen LogP contribution in [0, 0.1) is 0 Å². The van der Waals surface area contributed by atoms with Crippen LogP contribution in [0.4, 0.5) is 4.79 Å². The summed E-state index contributed by atoms with van der Waals surface area (Å²) in [5, 5.41) is 1.91. The summed E-state index contributed by atoms with van der Waals surface area (Å²) in [6.07, 6.45) is 2.09. The second kappa shape index (κ2) is 6.38. The molecule has 13 heavy (non-hydrogen) atoms. The molecule has 0 saturated carbocycles. The van der Waals surface area contributed by atoms with Crippen molar-refractivity contribution in [3.05, 3.63) is 0 Å². The molecule has 0 aromatic heterocycles. The van der Waals surface area contributed by atoms with Crippen molar-refractivity contribution in [3.63, 3.8) is 0 Å². The van der Waals surface area contributed by atoms with Crippen LogP contribution in [0.2, 0.25) is 0 Å². The number of hydrogen-bond acceptors (Lipinski definition) is 4. The highest BCUT2D eigenvalue weighted by molar-refractivity contribution is 5.96.